The Morgan fingerprint density at radius 3 is 1.94 bits per heavy atom. The Bertz CT molecular complexity index is 3060. The molecule has 0 saturated heterocycles. The van der Waals surface area contributed by atoms with E-state index in [4.69, 9.17) is 9.97 Å². The molecule has 0 N–H and O–H groups in total. The number of hydrogen-bond acceptors (Lipinski definition) is 3. The second-order valence-electron chi connectivity index (χ2n) is 12.1. The Balaban J connectivity index is 1.47. The number of hydrogen-bond donors (Lipinski definition) is 0. The third-order valence-corrected chi connectivity index (χ3v) is 9.72. The van der Waals surface area contributed by atoms with Gasteiger partial charge in [-0.05, 0) is 60.0 Å². The zero-order valence-corrected chi connectivity index (χ0v) is 25.0. The fourth-order valence-electron chi connectivity index (χ4n) is 7.89. The van der Waals surface area contributed by atoms with Gasteiger partial charge in [-0.3, -0.25) is 9.38 Å². The minimum Gasteiger partial charge on any atom is -0.307 e. The molecule has 11 aromatic rings. The highest BCUT2D eigenvalue weighted by molar-refractivity contribution is 6.33. The van der Waals surface area contributed by atoms with Crippen LogP contribution in [0.2, 0.25) is 0 Å². The van der Waals surface area contributed by atoms with E-state index >= 15 is 0 Å². The molecule has 0 amide bonds. The normalized spacial score (nSPS) is 12.3. The molecule has 6 nitrogen and oxygen atoms in total. The van der Waals surface area contributed by atoms with Gasteiger partial charge < -0.3 is 9.13 Å². The highest BCUT2D eigenvalue weighted by Gasteiger charge is 2.24. The molecule has 0 spiro atoms. The molecule has 47 heavy (non-hydrogen) atoms. The summed E-state index contributed by atoms with van der Waals surface area (Å²) < 4.78 is 7.08. The summed E-state index contributed by atoms with van der Waals surface area (Å²) in [6, 6.07) is 45.5. The van der Waals surface area contributed by atoms with Crippen molar-refractivity contribution in [3.8, 4) is 11.4 Å². The number of aromatic nitrogens is 6. The van der Waals surface area contributed by atoms with Crippen LogP contribution in [0.3, 0.4) is 0 Å². The highest BCUT2D eigenvalue weighted by atomic mass is 15.1. The molecule has 0 aliphatic carbocycles. The Hall–Kier alpha value is -6.53. The summed E-state index contributed by atoms with van der Waals surface area (Å²) in [5, 5.41) is 8.14. The number of benzene rings is 5. The Kier molecular flexibility index (Phi) is 4.75. The average molecular weight is 601 g/mol. The van der Waals surface area contributed by atoms with Crippen molar-refractivity contribution in [1.82, 2.24) is 28.5 Å². The molecule has 0 aliphatic rings. The minimum atomic E-state index is 0.849. The molecule has 0 fully saturated rings. The second kappa shape index (κ2) is 9.02. The van der Waals surface area contributed by atoms with Gasteiger partial charge in [0.15, 0.2) is 0 Å². The number of imidazole rings is 1. The van der Waals surface area contributed by atoms with E-state index < -0.39 is 0 Å². The first-order valence-electron chi connectivity index (χ1n) is 15.8. The molecule has 5 aromatic carbocycles. The molecule has 0 atom stereocenters. The number of rotatable bonds is 2. The van der Waals surface area contributed by atoms with Crippen LogP contribution in [0, 0.1) is 0 Å². The van der Waals surface area contributed by atoms with E-state index in [0.717, 1.165) is 55.4 Å². The highest BCUT2D eigenvalue weighted by Crippen LogP contribution is 2.45. The van der Waals surface area contributed by atoms with Crippen molar-refractivity contribution in [1.29, 1.82) is 0 Å². The summed E-state index contributed by atoms with van der Waals surface area (Å²) in [6.45, 7) is 0. The van der Waals surface area contributed by atoms with Gasteiger partial charge in [0, 0.05) is 56.1 Å². The quantitative estimate of drug-likeness (QED) is 0.186. The van der Waals surface area contributed by atoms with Gasteiger partial charge in [0.05, 0.1) is 33.8 Å². The molecule has 0 aliphatic heterocycles. The second-order valence-corrected chi connectivity index (χ2v) is 12.1. The van der Waals surface area contributed by atoms with Crippen LogP contribution in [0.1, 0.15) is 0 Å². The van der Waals surface area contributed by atoms with Crippen LogP contribution in [-0.2, 0) is 0 Å². The predicted octanol–water partition coefficient (Wildman–Crippen LogP) is 9.78. The fourth-order valence-corrected chi connectivity index (χ4v) is 7.89. The average Bonchev–Trinajstić information content (AvgIpc) is 3.80. The van der Waals surface area contributed by atoms with Crippen molar-refractivity contribution in [2.75, 3.05) is 0 Å². The first-order chi connectivity index (χ1) is 23.4. The molecule has 6 aromatic heterocycles. The summed E-state index contributed by atoms with van der Waals surface area (Å²) in [5.74, 6) is 0. The number of fused-ring (bicyclic) bond motifs is 16. The number of nitrogens with zero attached hydrogens (tertiary/aromatic N) is 6. The van der Waals surface area contributed by atoms with Gasteiger partial charge in [-0.2, -0.15) is 0 Å². The van der Waals surface area contributed by atoms with Crippen LogP contribution in [0.5, 0.6) is 0 Å². The van der Waals surface area contributed by atoms with E-state index in [9.17, 15) is 0 Å². The third-order valence-electron chi connectivity index (χ3n) is 9.72. The Labute approximate surface area is 267 Å². The molecular weight excluding hydrogens is 576 g/mol. The van der Waals surface area contributed by atoms with Crippen molar-refractivity contribution in [2.24, 2.45) is 0 Å². The lowest BCUT2D eigenvalue weighted by molar-refractivity contribution is 1.15. The van der Waals surface area contributed by atoms with Crippen molar-refractivity contribution in [2.45, 2.75) is 0 Å². The van der Waals surface area contributed by atoms with Crippen molar-refractivity contribution in [3.05, 3.63) is 146 Å². The van der Waals surface area contributed by atoms with E-state index in [1.54, 1.807) is 0 Å². The van der Waals surface area contributed by atoms with E-state index in [2.05, 4.69) is 134 Å². The largest absolute Gasteiger partial charge is 0.307 e. The van der Waals surface area contributed by atoms with E-state index in [1.165, 1.54) is 38.1 Å². The van der Waals surface area contributed by atoms with E-state index in [-0.39, 0.29) is 0 Å². The first-order valence-corrected chi connectivity index (χ1v) is 15.8. The third kappa shape index (κ3) is 3.16. The van der Waals surface area contributed by atoms with Crippen molar-refractivity contribution < 1.29 is 0 Å². The van der Waals surface area contributed by atoms with Crippen molar-refractivity contribution >= 4 is 82.1 Å². The lowest BCUT2D eigenvalue weighted by Gasteiger charge is -2.12. The van der Waals surface area contributed by atoms with Crippen LogP contribution >= 0.6 is 0 Å². The molecule has 0 radical (unpaired) electrons. The molecule has 6 heterocycles. The number of para-hydroxylation sites is 3. The summed E-state index contributed by atoms with van der Waals surface area (Å²) in [5.41, 5.74) is 10.5. The monoisotopic (exact) mass is 600 g/mol. The standard InChI is InChI=1S/C41H24N6/c1-3-10-25(11-4-1)45-33-16-8-7-14-27(33)29-17-18-31-36-35(46(39(31)38(29)45)26-12-5-2-6-13-26)20-19-28-30-15-9-22-43-40(30)47-34-21-23-42-24-32(34)44-41(47)37(28)36/h1-24H. The van der Waals surface area contributed by atoms with Gasteiger partial charge >= 0.3 is 0 Å². The van der Waals surface area contributed by atoms with Crippen molar-refractivity contribution in [3.63, 3.8) is 0 Å². The smallest absolute Gasteiger partial charge is 0.148 e. The minimum absolute atomic E-state index is 0.849. The van der Waals surface area contributed by atoms with Crippen LogP contribution in [0.25, 0.3) is 93.5 Å². The molecule has 218 valence electrons. The number of pyridine rings is 3. The maximum atomic E-state index is 5.24. The van der Waals surface area contributed by atoms with Gasteiger partial charge in [-0.15, -0.1) is 0 Å². The van der Waals surface area contributed by atoms with Crippen LogP contribution in [0.4, 0.5) is 0 Å². The summed E-state index contributed by atoms with van der Waals surface area (Å²) in [4.78, 5) is 14.5. The Morgan fingerprint density at radius 1 is 0.426 bits per heavy atom. The van der Waals surface area contributed by atoms with Crippen LogP contribution in [0.15, 0.2) is 146 Å². The zero-order chi connectivity index (χ0) is 30.6. The van der Waals surface area contributed by atoms with Crippen LogP contribution in [-0.4, -0.2) is 28.5 Å². The van der Waals surface area contributed by atoms with Gasteiger partial charge in [0.2, 0.25) is 0 Å². The molecular formula is C41H24N6. The molecule has 0 unspecified atom stereocenters. The van der Waals surface area contributed by atoms with Gasteiger partial charge in [0.1, 0.15) is 16.8 Å². The first kappa shape index (κ1) is 24.8. The molecule has 11 rings (SSSR count). The van der Waals surface area contributed by atoms with E-state index in [0.29, 0.717) is 0 Å². The lowest BCUT2D eigenvalue weighted by atomic mass is 10.0. The topological polar surface area (TPSA) is 52.9 Å². The van der Waals surface area contributed by atoms with Gasteiger partial charge in [0.25, 0.3) is 0 Å². The SMILES string of the molecule is c1ccc(-n2c3ccccc3c3ccc4c5c6c(ccc5n(-c5ccccc5)c4c32)c2cccnc2n2c3ccncc3nc62)cc1. The summed E-state index contributed by atoms with van der Waals surface area (Å²) in [6.07, 6.45) is 5.54. The van der Waals surface area contributed by atoms with Crippen LogP contribution < -0.4 is 0 Å². The lowest BCUT2D eigenvalue weighted by Crippen LogP contribution is -1.98. The molecule has 6 heteroatoms. The predicted molar refractivity (Wildman–Crippen MR) is 192 cm³/mol. The fraction of sp³-hybridized carbons (Fsp3) is 0. The summed E-state index contributed by atoms with van der Waals surface area (Å²) in [7, 11) is 0. The maximum absolute atomic E-state index is 5.24. The van der Waals surface area contributed by atoms with Gasteiger partial charge in [-0.25, -0.2) is 9.97 Å². The molecule has 0 saturated carbocycles. The van der Waals surface area contributed by atoms with E-state index in [1.807, 2.05) is 30.7 Å². The molecule has 0 bridgehead atoms. The Morgan fingerprint density at radius 2 is 1.11 bits per heavy atom. The maximum Gasteiger partial charge on any atom is 0.148 e. The summed E-state index contributed by atoms with van der Waals surface area (Å²) >= 11 is 0. The van der Waals surface area contributed by atoms with Gasteiger partial charge in [-0.1, -0.05) is 72.8 Å². The zero-order valence-electron chi connectivity index (χ0n) is 25.0.